The molecule has 0 spiro atoms. The molecule has 1 unspecified atom stereocenters. The highest BCUT2D eigenvalue weighted by Crippen LogP contribution is 2.35. The van der Waals surface area contributed by atoms with E-state index in [0.29, 0.717) is 16.7 Å². The van der Waals surface area contributed by atoms with Crippen molar-refractivity contribution in [3.05, 3.63) is 47.5 Å². The molecule has 10 heteroatoms. The third-order valence-electron chi connectivity index (χ3n) is 3.57. The van der Waals surface area contributed by atoms with Gasteiger partial charge in [0.05, 0.1) is 10.7 Å². The van der Waals surface area contributed by atoms with E-state index >= 15 is 0 Å². The Labute approximate surface area is 166 Å². The van der Waals surface area contributed by atoms with Gasteiger partial charge >= 0.3 is 6.18 Å². The molecule has 0 aliphatic heterocycles. The van der Waals surface area contributed by atoms with E-state index < -0.39 is 28.9 Å². The van der Waals surface area contributed by atoms with Gasteiger partial charge in [0.2, 0.25) is 5.60 Å². The molecule has 0 saturated heterocycles. The minimum atomic E-state index is -5.12. The van der Waals surface area contributed by atoms with Crippen LogP contribution in [0.3, 0.4) is 0 Å². The fourth-order valence-corrected chi connectivity index (χ4v) is 3.54. The molecule has 0 aromatic heterocycles. The molecular weight excluding hydrogens is 423 g/mol. The summed E-state index contributed by atoms with van der Waals surface area (Å²) in [5, 5.41) is 11.4. The minimum absolute atomic E-state index is 0.0256. The molecule has 0 radical (unpaired) electrons. The summed E-state index contributed by atoms with van der Waals surface area (Å²) in [6.07, 6.45) is -3.54. The zero-order valence-corrected chi connectivity index (χ0v) is 16.5. The van der Waals surface area contributed by atoms with Gasteiger partial charge in [-0.3, -0.25) is 4.79 Å². The van der Waals surface area contributed by atoms with Crippen LogP contribution in [-0.4, -0.2) is 33.6 Å². The van der Waals surface area contributed by atoms with Gasteiger partial charge in [-0.05, 0) is 60.6 Å². The zero-order chi connectivity index (χ0) is 20.4. The maximum Gasteiger partial charge on any atom is 0.426 e. The second kappa shape index (κ2) is 8.32. The summed E-state index contributed by atoms with van der Waals surface area (Å²) in [5.41, 5.74) is -3.59. The lowest BCUT2D eigenvalue weighted by molar-refractivity contribution is -0.242. The average molecular weight is 438 g/mol. The van der Waals surface area contributed by atoms with Crippen molar-refractivity contribution in [1.29, 1.82) is 0 Å². The summed E-state index contributed by atoms with van der Waals surface area (Å²) in [6.45, 7) is 0.369. The Balaban J connectivity index is 2.12. The number of hydrogen-bond acceptors (Lipinski definition) is 4. The number of aliphatic hydroxyl groups is 1. The third-order valence-corrected chi connectivity index (χ3v) is 5.82. The van der Waals surface area contributed by atoms with E-state index in [1.165, 1.54) is 23.9 Å². The van der Waals surface area contributed by atoms with Crippen LogP contribution in [0.5, 0.6) is 0 Å². The summed E-state index contributed by atoms with van der Waals surface area (Å²) < 4.78 is 49.5. The van der Waals surface area contributed by atoms with Crippen LogP contribution in [-0.2, 0) is 16.0 Å². The highest BCUT2D eigenvalue weighted by Gasteiger charge is 2.55. The lowest BCUT2D eigenvalue weighted by Crippen LogP contribution is -2.52. The van der Waals surface area contributed by atoms with Crippen molar-refractivity contribution >= 4 is 46.1 Å². The molecule has 0 aliphatic carbocycles. The van der Waals surface area contributed by atoms with Crippen LogP contribution >= 0.6 is 23.4 Å². The molecule has 0 fully saturated rings. The van der Waals surface area contributed by atoms with E-state index in [1.807, 2.05) is 5.32 Å². The first-order valence-electron chi connectivity index (χ1n) is 7.43. The topological polar surface area (TPSA) is 72.4 Å². The van der Waals surface area contributed by atoms with Crippen LogP contribution in [0.25, 0.3) is 0 Å². The van der Waals surface area contributed by atoms with Crippen molar-refractivity contribution in [2.24, 2.45) is 0 Å². The fourth-order valence-electron chi connectivity index (χ4n) is 1.87. The molecule has 27 heavy (non-hydrogen) atoms. The molecule has 1 amide bonds. The molecule has 2 aromatic carbocycles. The first kappa shape index (κ1) is 21.9. The number of carbonyl (C=O) groups is 1. The van der Waals surface area contributed by atoms with Crippen LogP contribution < -0.4 is 5.32 Å². The van der Waals surface area contributed by atoms with Gasteiger partial charge in [-0.2, -0.15) is 13.2 Å². The van der Waals surface area contributed by atoms with Crippen LogP contribution in [0, 0.1) is 0 Å². The normalized spacial score (nSPS) is 15.1. The molecule has 2 N–H and O–H groups in total. The number of anilines is 1. The van der Waals surface area contributed by atoms with E-state index in [1.54, 1.807) is 36.6 Å². The molecule has 2 rings (SSSR count). The Morgan fingerprint density at radius 2 is 1.74 bits per heavy atom. The standard InChI is InChI=1S/C17H15ClF3NO3S2/c1-16(24,17(19,20)21)15(23)22-14-8-5-11(9-13(14)18)26-10-3-6-12(7-4-10)27(2)25/h3-9,24H,1-2H3,(H,22,23)/t16-,27?/m1/s1. The Bertz CT molecular complexity index is 827. The van der Waals surface area contributed by atoms with Crippen molar-refractivity contribution in [3.8, 4) is 0 Å². The van der Waals surface area contributed by atoms with Gasteiger partial charge in [0.15, 0.2) is 4.90 Å². The predicted molar refractivity (Wildman–Crippen MR) is 99.7 cm³/mol. The minimum Gasteiger partial charge on any atom is -0.612 e. The molecule has 2 atom stereocenters. The van der Waals surface area contributed by atoms with E-state index in [4.69, 9.17) is 11.6 Å². The van der Waals surface area contributed by atoms with Crippen LogP contribution in [0.2, 0.25) is 5.02 Å². The maximum atomic E-state index is 12.7. The molecule has 0 heterocycles. The second-order valence-electron chi connectivity index (χ2n) is 5.69. The summed E-state index contributed by atoms with van der Waals surface area (Å²) in [7, 11) is 0. The van der Waals surface area contributed by atoms with Gasteiger partial charge < -0.3 is 15.0 Å². The summed E-state index contributed by atoms with van der Waals surface area (Å²) in [5.74, 6) is -1.62. The zero-order valence-electron chi connectivity index (χ0n) is 14.1. The summed E-state index contributed by atoms with van der Waals surface area (Å²) >= 11 is 6.29. The van der Waals surface area contributed by atoms with Crippen molar-refractivity contribution in [2.45, 2.75) is 33.4 Å². The number of amides is 1. The van der Waals surface area contributed by atoms with Crippen molar-refractivity contribution in [1.82, 2.24) is 0 Å². The summed E-state index contributed by atoms with van der Waals surface area (Å²) in [4.78, 5) is 13.9. The molecule has 2 aromatic rings. The monoisotopic (exact) mass is 437 g/mol. The molecule has 0 aliphatic rings. The van der Waals surface area contributed by atoms with Gasteiger partial charge in [-0.1, -0.05) is 23.4 Å². The lowest BCUT2D eigenvalue weighted by atomic mass is 10.1. The lowest BCUT2D eigenvalue weighted by Gasteiger charge is -2.25. The Morgan fingerprint density at radius 3 is 2.22 bits per heavy atom. The van der Waals surface area contributed by atoms with Gasteiger partial charge in [0.25, 0.3) is 5.91 Å². The average Bonchev–Trinajstić information content (AvgIpc) is 2.56. The second-order valence-corrected chi connectivity index (χ2v) is 8.63. The third kappa shape index (κ3) is 5.32. The first-order valence-corrected chi connectivity index (χ1v) is 10.2. The summed E-state index contributed by atoms with van der Waals surface area (Å²) in [6, 6.07) is 11.4. The highest BCUT2D eigenvalue weighted by molar-refractivity contribution is 7.99. The van der Waals surface area contributed by atoms with Gasteiger partial charge in [-0.25, -0.2) is 0 Å². The number of halogens is 4. The molecule has 0 saturated carbocycles. The molecular formula is C17H15ClF3NO3S2. The highest BCUT2D eigenvalue weighted by atomic mass is 35.5. The quantitative estimate of drug-likeness (QED) is 0.676. The number of nitrogens with one attached hydrogen (secondary N) is 1. The maximum absolute atomic E-state index is 12.7. The Hall–Kier alpha value is -1.39. The van der Waals surface area contributed by atoms with Crippen LogP contribution in [0.15, 0.2) is 57.2 Å². The van der Waals surface area contributed by atoms with Crippen molar-refractivity contribution in [3.63, 3.8) is 0 Å². The molecule has 0 bridgehead atoms. The Kier molecular flexibility index (Phi) is 6.75. The van der Waals surface area contributed by atoms with E-state index in [-0.39, 0.29) is 10.7 Å². The fraction of sp³-hybridized carbons (Fsp3) is 0.235. The largest absolute Gasteiger partial charge is 0.612 e. The molecule has 4 nitrogen and oxygen atoms in total. The van der Waals surface area contributed by atoms with Gasteiger partial charge in [-0.15, -0.1) is 0 Å². The number of hydrogen-bond donors (Lipinski definition) is 2. The first-order chi connectivity index (χ1) is 12.4. The van der Waals surface area contributed by atoms with Crippen LogP contribution in [0.1, 0.15) is 6.92 Å². The molecule has 146 valence electrons. The number of benzene rings is 2. The Morgan fingerprint density at radius 1 is 1.19 bits per heavy atom. The smallest absolute Gasteiger partial charge is 0.426 e. The van der Waals surface area contributed by atoms with Gasteiger partial charge in [0.1, 0.15) is 6.26 Å². The van der Waals surface area contributed by atoms with Crippen molar-refractivity contribution in [2.75, 3.05) is 11.6 Å². The van der Waals surface area contributed by atoms with E-state index in [9.17, 15) is 27.6 Å². The number of carbonyl (C=O) groups excluding carboxylic acids is 1. The van der Waals surface area contributed by atoms with Crippen LogP contribution in [0.4, 0.5) is 18.9 Å². The van der Waals surface area contributed by atoms with E-state index in [2.05, 4.69) is 0 Å². The SMILES string of the molecule is C[S+]([O-])c1ccc(Sc2ccc(NC(=O)[C@@](C)(O)C(F)(F)F)c(Cl)c2)cc1. The van der Waals surface area contributed by atoms with E-state index in [0.717, 1.165) is 4.90 Å². The van der Waals surface area contributed by atoms with Gasteiger partial charge in [0, 0.05) is 9.79 Å². The van der Waals surface area contributed by atoms with Crippen molar-refractivity contribution < 1.29 is 27.6 Å². The number of alkyl halides is 3. The number of rotatable bonds is 5. The predicted octanol–water partition coefficient (Wildman–Crippen LogP) is 4.48.